The van der Waals surface area contributed by atoms with Gasteiger partial charge in [0.05, 0.1) is 5.02 Å². The van der Waals surface area contributed by atoms with Gasteiger partial charge in [-0.15, -0.1) is 0 Å². The third kappa shape index (κ3) is 5.76. The minimum absolute atomic E-state index is 0.102. The number of carbonyl (C=O) groups is 1. The van der Waals surface area contributed by atoms with Crippen molar-refractivity contribution >= 4 is 28.9 Å². The maximum absolute atomic E-state index is 12.0. The van der Waals surface area contributed by atoms with Crippen LogP contribution in [0.1, 0.15) is 11.1 Å². The van der Waals surface area contributed by atoms with E-state index in [0.29, 0.717) is 17.3 Å². The zero-order chi connectivity index (χ0) is 19.1. The molecule has 3 aromatic carbocycles. The molecule has 5 heteroatoms. The van der Waals surface area contributed by atoms with E-state index in [4.69, 9.17) is 16.3 Å². The van der Waals surface area contributed by atoms with E-state index in [1.807, 2.05) is 73.7 Å². The predicted molar refractivity (Wildman–Crippen MR) is 111 cm³/mol. The Hall–Kier alpha value is -2.98. The van der Waals surface area contributed by atoms with E-state index < -0.39 is 0 Å². The van der Waals surface area contributed by atoms with Crippen molar-refractivity contribution < 1.29 is 9.53 Å². The van der Waals surface area contributed by atoms with Gasteiger partial charge in [0.25, 0.3) is 5.91 Å². The number of anilines is 2. The summed E-state index contributed by atoms with van der Waals surface area (Å²) in [5, 5.41) is 6.61. The quantitative estimate of drug-likeness (QED) is 0.586. The lowest BCUT2D eigenvalue weighted by molar-refractivity contribution is -0.118. The molecule has 0 saturated carbocycles. The highest BCUT2D eigenvalue weighted by molar-refractivity contribution is 6.32. The lowest BCUT2D eigenvalue weighted by Gasteiger charge is -2.11. The fourth-order valence-corrected chi connectivity index (χ4v) is 2.85. The second-order valence-electron chi connectivity index (χ2n) is 6.19. The van der Waals surface area contributed by atoms with E-state index in [2.05, 4.69) is 10.6 Å². The average Bonchev–Trinajstić information content (AvgIpc) is 2.66. The first-order chi connectivity index (χ1) is 13.1. The van der Waals surface area contributed by atoms with E-state index in [-0.39, 0.29) is 12.5 Å². The topological polar surface area (TPSA) is 50.4 Å². The van der Waals surface area contributed by atoms with Gasteiger partial charge >= 0.3 is 0 Å². The molecule has 0 saturated heterocycles. The van der Waals surface area contributed by atoms with Gasteiger partial charge in [-0.1, -0.05) is 48.0 Å². The molecule has 0 aromatic heterocycles. The molecule has 0 aliphatic rings. The van der Waals surface area contributed by atoms with Crippen LogP contribution in [0.2, 0.25) is 5.02 Å². The van der Waals surface area contributed by atoms with Gasteiger partial charge < -0.3 is 15.4 Å². The molecule has 0 bridgehead atoms. The lowest BCUT2D eigenvalue weighted by atomic mass is 10.2. The number of rotatable bonds is 7. The Morgan fingerprint density at radius 3 is 2.48 bits per heavy atom. The Bertz CT molecular complexity index is 913. The highest BCUT2D eigenvalue weighted by Gasteiger charge is 2.08. The maximum Gasteiger partial charge on any atom is 0.262 e. The molecule has 0 fully saturated rings. The molecule has 2 N–H and O–H groups in total. The molecule has 27 heavy (non-hydrogen) atoms. The smallest absolute Gasteiger partial charge is 0.262 e. The summed E-state index contributed by atoms with van der Waals surface area (Å²) in [4.78, 5) is 12.0. The van der Waals surface area contributed by atoms with Crippen molar-refractivity contribution in [3.63, 3.8) is 0 Å². The molecule has 0 aliphatic carbocycles. The van der Waals surface area contributed by atoms with Crippen molar-refractivity contribution in [2.75, 3.05) is 17.2 Å². The number of hydrogen-bond donors (Lipinski definition) is 2. The monoisotopic (exact) mass is 380 g/mol. The highest BCUT2D eigenvalue weighted by atomic mass is 35.5. The molecule has 3 rings (SSSR count). The summed E-state index contributed by atoms with van der Waals surface area (Å²) in [5.41, 5.74) is 3.90. The molecule has 0 spiro atoms. The van der Waals surface area contributed by atoms with Crippen molar-refractivity contribution in [1.29, 1.82) is 0 Å². The SMILES string of the molecule is Cc1cccc(NC(=O)COc2ccc(CNc3ccccc3)cc2Cl)c1. The molecule has 0 unspecified atom stereocenters. The van der Waals surface area contributed by atoms with Crippen LogP contribution in [0.5, 0.6) is 5.75 Å². The summed E-state index contributed by atoms with van der Waals surface area (Å²) in [5.74, 6) is 0.256. The Morgan fingerprint density at radius 1 is 0.963 bits per heavy atom. The number of ether oxygens (including phenoxy) is 1. The van der Waals surface area contributed by atoms with Gasteiger partial charge in [0.1, 0.15) is 5.75 Å². The first-order valence-corrected chi connectivity index (χ1v) is 9.04. The van der Waals surface area contributed by atoms with E-state index in [9.17, 15) is 4.79 Å². The first kappa shape index (κ1) is 18.8. The third-order valence-corrected chi connectivity index (χ3v) is 4.22. The maximum atomic E-state index is 12.0. The van der Waals surface area contributed by atoms with Crippen LogP contribution in [0.4, 0.5) is 11.4 Å². The molecule has 0 heterocycles. The van der Waals surface area contributed by atoms with Crippen molar-refractivity contribution in [2.24, 2.45) is 0 Å². The number of benzene rings is 3. The molecule has 0 radical (unpaired) electrons. The summed E-state index contributed by atoms with van der Waals surface area (Å²) in [7, 11) is 0. The van der Waals surface area contributed by atoms with Crippen LogP contribution in [0.25, 0.3) is 0 Å². The first-order valence-electron chi connectivity index (χ1n) is 8.67. The van der Waals surface area contributed by atoms with Crippen molar-refractivity contribution in [3.8, 4) is 5.75 Å². The van der Waals surface area contributed by atoms with Crippen LogP contribution >= 0.6 is 11.6 Å². The molecule has 3 aromatic rings. The van der Waals surface area contributed by atoms with E-state index in [1.54, 1.807) is 6.07 Å². The summed E-state index contributed by atoms with van der Waals surface area (Å²) in [6.07, 6.45) is 0. The fourth-order valence-electron chi connectivity index (χ4n) is 2.59. The van der Waals surface area contributed by atoms with Crippen molar-refractivity contribution in [3.05, 3.63) is 88.9 Å². The lowest BCUT2D eigenvalue weighted by Crippen LogP contribution is -2.20. The Labute approximate surface area is 164 Å². The van der Waals surface area contributed by atoms with E-state index in [0.717, 1.165) is 22.5 Å². The number of aryl methyl sites for hydroxylation is 1. The van der Waals surface area contributed by atoms with Gasteiger partial charge in [-0.2, -0.15) is 0 Å². The third-order valence-electron chi connectivity index (χ3n) is 3.93. The number of halogens is 1. The van der Waals surface area contributed by atoms with E-state index >= 15 is 0 Å². The summed E-state index contributed by atoms with van der Waals surface area (Å²) in [6.45, 7) is 2.52. The van der Waals surface area contributed by atoms with Gasteiger partial charge in [-0.25, -0.2) is 0 Å². The molecule has 0 atom stereocenters. The number of amides is 1. The highest BCUT2D eigenvalue weighted by Crippen LogP contribution is 2.26. The van der Waals surface area contributed by atoms with Crippen molar-refractivity contribution in [2.45, 2.75) is 13.5 Å². The van der Waals surface area contributed by atoms with Crippen LogP contribution in [0, 0.1) is 6.92 Å². The van der Waals surface area contributed by atoms with E-state index in [1.165, 1.54) is 0 Å². The van der Waals surface area contributed by atoms with Crippen LogP contribution in [0.3, 0.4) is 0 Å². The molecule has 138 valence electrons. The molecule has 0 aliphatic heterocycles. The van der Waals surface area contributed by atoms with Crippen molar-refractivity contribution in [1.82, 2.24) is 0 Å². The average molecular weight is 381 g/mol. The minimum atomic E-state index is -0.230. The summed E-state index contributed by atoms with van der Waals surface area (Å²) < 4.78 is 5.55. The minimum Gasteiger partial charge on any atom is -0.482 e. The van der Waals surface area contributed by atoms with Gasteiger partial charge in [0, 0.05) is 17.9 Å². The Balaban J connectivity index is 1.52. The molecular weight excluding hydrogens is 360 g/mol. The Morgan fingerprint density at radius 2 is 1.74 bits per heavy atom. The number of para-hydroxylation sites is 1. The largest absolute Gasteiger partial charge is 0.482 e. The zero-order valence-corrected chi connectivity index (χ0v) is 15.8. The second-order valence-corrected chi connectivity index (χ2v) is 6.60. The molecular formula is C22H21ClN2O2. The normalized spacial score (nSPS) is 10.3. The van der Waals surface area contributed by atoms with Crippen LogP contribution in [0.15, 0.2) is 72.8 Å². The molecule has 4 nitrogen and oxygen atoms in total. The van der Waals surface area contributed by atoms with Crippen LogP contribution < -0.4 is 15.4 Å². The summed E-state index contributed by atoms with van der Waals surface area (Å²) in [6, 6.07) is 23.1. The number of nitrogens with one attached hydrogen (secondary N) is 2. The van der Waals surface area contributed by atoms with Crippen LogP contribution in [-0.2, 0) is 11.3 Å². The van der Waals surface area contributed by atoms with Gasteiger partial charge in [0.2, 0.25) is 0 Å². The predicted octanol–water partition coefficient (Wildman–Crippen LogP) is 5.28. The summed E-state index contributed by atoms with van der Waals surface area (Å²) >= 11 is 6.29. The second kappa shape index (κ2) is 9.10. The zero-order valence-electron chi connectivity index (χ0n) is 15.0. The van der Waals surface area contributed by atoms with Gasteiger partial charge in [-0.3, -0.25) is 4.79 Å². The Kier molecular flexibility index (Phi) is 6.34. The fraction of sp³-hybridized carbons (Fsp3) is 0.136. The van der Waals surface area contributed by atoms with Gasteiger partial charge in [0.15, 0.2) is 6.61 Å². The number of carbonyl (C=O) groups excluding carboxylic acids is 1. The van der Waals surface area contributed by atoms with Crippen LogP contribution in [-0.4, -0.2) is 12.5 Å². The number of hydrogen-bond acceptors (Lipinski definition) is 3. The molecule has 1 amide bonds. The standard InChI is InChI=1S/C22H21ClN2O2/c1-16-6-5-9-19(12-16)25-22(26)15-27-21-11-10-17(13-20(21)23)14-24-18-7-3-2-4-8-18/h2-13,24H,14-15H2,1H3,(H,25,26). The van der Waals surface area contributed by atoms with Gasteiger partial charge in [-0.05, 0) is 54.4 Å².